The topological polar surface area (TPSA) is 46.2 Å². The monoisotopic (exact) mass is 307 g/mol. The SMILES string of the molecule is Cc1ccccc1NC(=O)CCC(=O)c1ccc(Cl)s1. The second-order valence-corrected chi connectivity index (χ2v) is 6.11. The average molecular weight is 308 g/mol. The molecular weight excluding hydrogens is 294 g/mol. The minimum atomic E-state index is -0.157. The molecule has 2 rings (SSSR count). The van der Waals surface area contributed by atoms with Gasteiger partial charge >= 0.3 is 0 Å². The highest BCUT2D eigenvalue weighted by Crippen LogP contribution is 2.23. The van der Waals surface area contributed by atoms with Crippen LogP contribution in [-0.4, -0.2) is 11.7 Å². The molecule has 3 nitrogen and oxygen atoms in total. The zero-order valence-electron chi connectivity index (χ0n) is 11.0. The van der Waals surface area contributed by atoms with E-state index in [1.165, 1.54) is 11.3 Å². The summed E-state index contributed by atoms with van der Waals surface area (Å²) in [6, 6.07) is 10.9. The molecule has 0 unspecified atom stereocenters. The fraction of sp³-hybridized carbons (Fsp3) is 0.200. The third-order valence-corrected chi connectivity index (χ3v) is 4.12. The van der Waals surface area contributed by atoms with E-state index in [2.05, 4.69) is 5.32 Å². The van der Waals surface area contributed by atoms with Crippen molar-refractivity contribution in [3.05, 3.63) is 51.2 Å². The number of aryl methyl sites for hydroxylation is 1. The predicted octanol–water partition coefficient (Wildman–Crippen LogP) is 4.31. The first-order valence-corrected chi connectivity index (χ1v) is 7.40. The number of nitrogens with one attached hydrogen (secondary N) is 1. The summed E-state index contributed by atoms with van der Waals surface area (Å²) >= 11 is 7.02. The third-order valence-electron chi connectivity index (χ3n) is 2.85. The molecule has 0 spiro atoms. The quantitative estimate of drug-likeness (QED) is 0.837. The Morgan fingerprint density at radius 1 is 1.15 bits per heavy atom. The lowest BCUT2D eigenvalue weighted by Gasteiger charge is -2.07. The van der Waals surface area contributed by atoms with Gasteiger partial charge in [-0.25, -0.2) is 0 Å². The van der Waals surface area contributed by atoms with Gasteiger partial charge in [0.1, 0.15) is 0 Å². The number of thiophene rings is 1. The number of benzene rings is 1. The normalized spacial score (nSPS) is 10.3. The molecule has 1 N–H and O–H groups in total. The maximum Gasteiger partial charge on any atom is 0.224 e. The van der Waals surface area contributed by atoms with Crippen molar-refractivity contribution in [2.75, 3.05) is 5.32 Å². The van der Waals surface area contributed by atoms with E-state index in [1.807, 2.05) is 31.2 Å². The standard InChI is InChI=1S/C15H14ClNO2S/c1-10-4-2-3-5-11(10)17-15(19)9-6-12(18)13-7-8-14(16)20-13/h2-5,7-8H,6,9H2,1H3,(H,17,19). The number of anilines is 1. The molecule has 2 aromatic rings. The van der Waals surface area contributed by atoms with Crippen molar-refractivity contribution < 1.29 is 9.59 Å². The van der Waals surface area contributed by atoms with Crippen LogP contribution in [0.2, 0.25) is 4.34 Å². The molecule has 5 heteroatoms. The first-order valence-electron chi connectivity index (χ1n) is 6.20. The van der Waals surface area contributed by atoms with Gasteiger partial charge in [-0.1, -0.05) is 29.8 Å². The molecule has 1 heterocycles. The molecule has 0 fully saturated rings. The fourth-order valence-electron chi connectivity index (χ4n) is 1.74. The van der Waals surface area contributed by atoms with Crippen molar-refractivity contribution >= 4 is 40.3 Å². The Bertz CT molecular complexity index is 636. The van der Waals surface area contributed by atoms with Crippen LogP contribution in [0.15, 0.2) is 36.4 Å². The van der Waals surface area contributed by atoms with E-state index in [0.717, 1.165) is 11.3 Å². The Kier molecular flexibility index (Phi) is 4.93. The molecule has 104 valence electrons. The van der Waals surface area contributed by atoms with Gasteiger partial charge in [-0.2, -0.15) is 0 Å². The van der Waals surface area contributed by atoms with Crippen LogP contribution in [0, 0.1) is 6.92 Å². The Morgan fingerprint density at radius 2 is 1.90 bits per heavy atom. The summed E-state index contributed by atoms with van der Waals surface area (Å²) in [5.74, 6) is -0.211. The number of rotatable bonds is 5. The number of carbonyl (C=O) groups is 2. The van der Waals surface area contributed by atoms with Gasteiger partial charge in [-0.3, -0.25) is 9.59 Å². The molecule has 1 aromatic carbocycles. The van der Waals surface area contributed by atoms with Crippen LogP contribution in [0.1, 0.15) is 28.1 Å². The van der Waals surface area contributed by atoms with Crippen molar-refractivity contribution in [3.8, 4) is 0 Å². The summed E-state index contributed by atoms with van der Waals surface area (Å²) < 4.78 is 0.581. The molecule has 0 saturated heterocycles. The highest BCUT2D eigenvalue weighted by molar-refractivity contribution is 7.18. The van der Waals surface area contributed by atoms with E-state index in [4.69, 9.17) is 11.6 Å². The smallest absolute Gasteiger partial charge is 0.224 e. The van der Waals surface area contributed by atoms with E-state index in [0.29, 0.717) is 9.21 Å². The highest BCUT2D eigenvalue weighted by Gasteiger charge is 2.12. The van der Waals surface area contributed by atoms with Gasteiger partial charge < -0.3 is 5.32 Å². The second kappa shape index (κ2) is 6.68. The van der Waals surface area contributed by atoms with Crippen LogP contribution in [0.3, 0.4) is 0 Å². The fourth-order valence-corrected chi connectivity index (χ4v) is 2.75. The predicted molar refractivity (Wildman–Crippen MR) is 82.7 cm³/mol. The zero-order chi connectivity index (χ0) is 14.5. The van der Waals surface area contributed by atoms with E-state index < -0.39 is 0 Å². The first kappa shape index (κ1) is 14.8. The van der Waals surface area contributed by atoms with Gasteiger partial charge in [0.15, 0.2) is 5.78 Å². The number of ketones is 1. The van der Waals surface area contributed by atoms with E-state index >= 15 is 0 Å². The molecule has 0 bridgehead atoms. The average Bonchev–Trinajstić information content (AvgIpc) is 2.85. The summed E-state index contributed by atoms with van der Waals surface area (Å²) in [6.45, 7) is 1.93. The summed E-state index contributed by atoms with van der Waals surface area (Å²) in [5, 5.41) is 2.81. The molecule has 0 aliphatic heterocycles. The zero-order valence-corrected chi connectivity index (χ0v) is 12.6. The number of halogens is 1. The van der Waals surface area contributed by atoms with Crippen LogP contribution in [0.25, 0.3) is 0 Å². The Morgan fingerprint density at radius 3 is 2.55 bits per heavy atom. The van der Waals surface area contributed by atoms with Crippen LogP contribution in [-0.2, 0) is 4.79 Å². The Balaban J connectivity index is 1.87. The van der Waals surface area contributed by atoms with Gasteiger partial charge in [0, 0.05) is 18.5 Å². The van der Waals surface area contributed by atoms with Crippen LogP contribution >= 0.6 is 22.9 Å². The largest absolute Gasteiger partial charge is 0.326 e. The van der Waals surface area contributed by atoms with E-state index in [9.17, 15) is 9.59 Å². The van der Waals surface area contributed by atoms with Gasteiger partial charge in [-0.15, -0.1) is 11.3 Å². The molecule has 0 aliphatic rings. The van der Waals surface area contributed by atoms with Crippen molar-refractivity contribution in [2.24, 2.45) is 0 Å². The molecule has 0 atom stereocenters. The molecule has 1 aromatic heterocycles. The maximum absolute atomic E-state index is 11.9. The van der Waals surface area contributed by atoms with Gasteiger partial charge in [0.25, 0.3) is 0 Å². The van der Waals surface area contributed by atoms with Crippen LogP contribution in [0.4, 0.5) is 5.69 Å². The van der Waals surface area contributed by atoms with Gasteiger partial charge in [0.2, 0.25) is 5.91 Å². The first-order chi connectivity index (χ1) is 9.56. The molecule has 0 radical (unpaired) electrons. The lowest BCUT2D eigenvalue weighted by Crippen LogP contribution is -2.13. The van der Waals surface area contributed by atoms with Crippen LogP contribution in [0.5, 0.6) is 0 Å². The van der Waals surface area contributed by atoms with Crippen molar-refractivity contribution in [1.29, 1.82) is 0 Å². The molecular formula is C15H14ClNO2S. The lowest BCUT2D eigenvalue weighted by molar-refractivity contribution is -0.116. The Hall–Kier alpha value is -1.65. The number of hydrogen-bond acceptors (Lipinski definition) is 3. The molecule has 1 amide bonds. The molecule has 20 heavy (non-hydrogen) atoms. The summed E-state index contributed by atoms with van der Waals surface area (Å²) in [5.41, 5.74) is 1.78. The minimum absolute atomic E-state index is 0.0539. The number of Topliss-reactive ketones (excluding diaryl/α,β-unsaturated/α-hetero) is 1. The highest BCUT2D eigenvalue weighted by atomic mass is 35.5. The van der Waals surface area contributed by atoms with E-state index in [1.54, 1.807) is 12.1 Å². The van der Waals surface area contributed by atoms with Crippen molar-refractivity contribution in [1.82, 2.24) is 0 Å². The summed E-state index contributed by atoms with van der Waals surface area (Å²) in [4.78, 5) is 24.3. The van der Waals surface area contributed by atoms with Crippen LogP contribution < -0.4 is 5.32 Å². The minimum Gasteiger partial charge on any atom is -0.326 e. The second-order valence-electron chi connectivity index (χ2n) is 4.39. The van der Waals surface area contributed by atoms with E-state index in [-0.39, 0.29) is 24.5 Å². The number of para-hydroxylation sites is 1. The molecule has 0 aliphatic carbocycles. The summed E-state index contributed by atoms with van der Waals surface area (Å²) in [7, 11) is 0. The number of carbonyl (C=O) groups excluding carboxylic acids is 2. The molecule has 0 saturated carbocycles. The van der Waals surface area contributed by atoms with Gasteiger partial charge in [0.05, 0.1) is 9.21 Å². The van der Waals surface area contributed by atoms with Gasteiger partial charge in [-0.05, 0) is 30.7 Å². The summed E-state index contributed by atoms with van der Waals surface area (Å²) in [6.07, 6.45) is 0.358. The Labute approximate surface area is 126 Å². The number of hydrogen-bond donors (Lipinski definition) is 1. The number of amides is 1. The van der Waals surface area contributed by atoms with Crippen molar-refractivity contribution in [3.63, 3.8) is 0 Å². The third kappa shape index (κ3) is 3.92. The lowest BCUT2D eigenvalue weighted by atomic mass is 10.1. The maximum atomic E-state index is 11.9. The van der Waals surface area contributed by atoms with Crippen molar-refractivity contribution in [2.45, 2.75) is 19.8 Å².